The number of ether oxygens (including phenoxy) is 1. The van der Waals surface area contributed by atoms with E-state index in [2.05, 4.69) is 9.71 Å². The molecule has 0 aliphatic carbocycles. The molecule has 0 unspecified atom stereocenters. The van der Waals surface area contributed by atoms with Gasteiger partial charge in [0.2, 0.25) is 15.9 Å². The second-order valence-corrected chi connectivity index (χ2v) is 6.41. The topological polar surface area (TPSA) is 68.3 Å². The Morgan fingerprint density at radius 2 is 2.22 bits per heavy atom. The van der Waals surface area contributed by atoms with Crippen molar-refractivity contribution in [2.75, 3.05) is 7.11 Å². The van der Waals surface area contributed by atoms with Crippen LogP contribution in [0.25, 0.3) is 0 Å². The molecule has 2 heterocycles. The number of hydrogen-bond donors (Lipinski definition) is 1. The van der Waals surface area contributed by atoms with Gasteiger partial charge in [-0.2, -0.15) is 0 Å². The van der Waals surface area contributed by atoms with Gasteiger partial charge in [-0.15, -0.1) is 11.3 Å². The zero-order chi connectivity index (χ0) is 13.0. The lowest BCUT2D eigenvalue weighted by Gasteiger charge is -2.05. The summed E-state index contributed by atoms with van der Waals surface area (Å²) in [6.45, 7) is 0.206. The van der Waals surface area contributed by atoms with Crippen molar-refractivity contribution in [3.05, 3.63) is 41.4 Å². The molecule has 0 saturated heterocycles. The van der Waals surface area contributed by atoms with Gasteiger partial charge in [0.25, 0.3) is 0 Å². The first-order valence-electron chi connectivity index (χ1n) is 5.14. The van der Waals surface area contributed by atoms with E-state index in [9.17, 15) is 8.42 Å². The van der Waals surface area contributed by atoms with Crippen molar-refractivity contribution in [3.63, 3.8) is 0 Å². The van der Waals surface area contributed by atoms with E-state index in [0.717, 1.165) is 5.56 Å². The zero-order valence-electron chi connectivity index (χ0n) is 9.66. The third-order valence-electron chi connectivity index (χ3n) is 2.23. The highest BCUT2D eigenvalue weighted by Crippen LogP contribution is 2.16. The van der Waals surface area contributed by atoms with Gasteiger partial charge in [-0.1, -0.05) is 12.1 Å². The van der Waals surface area contributed by atoms with Gasteiger partial charge < -0.3 is 4.74 Å². The minimum Gasteiger partial charge on any atom is -0.481 e. The smallest absolute Gasteiger partial charge is 0.250 e. The maximum Gasteiger partial charge on any atom is 0.250 e. The molecule has 0 aromatic carbocycles. The van der Waals surface area contributed by atoms with Crippen LogP contribution in [0.15, 0.2) is 40.1 Å². The maximum absolute atomic E-state index is 11.8. The van der Waals surface area contributed by atoms with E-state index in [4.69, 9.17) is 4.74 Å². The third-order valence-corrected chi connectivity index (χ3v) is 5.03. The number of sulfonamides is 1. The first-order chi connectivity index (χ1) is 8.62. The van der Waals surface area contributed by atoms with Gasteiger partial charge in [0.05, 0.1) is 7.11 Å². The van der Waals surface area contributed by atoms with Gasteiger partial charge in [0.15, 0.2) is 0 Å². The first kappa shape index (κ1) is 13.0. The Balaban J connectivity index is 2.03. The Kier molecular flexibility index (Phi) is 3.95. The Hall–Kier alpha value is -1.44. The Morgan fingerprint density at radius 1 is 1.39 bits per heavy atom. The number of nitrogens with zero attached hydrogens (tertiary/aromatic N) is 1. The summed E-state index contributed by atoms with van der Waals surface area (Å²) in [5.74, 6) is 0.500. The summed E-state index contributed by atoms with van der Waals surface area (Å²) in [4.78, 5) is 4.01. The molecule has 1 N–H and O–H groups in total. The highest BCUT2D eigenvalue weighted by Gasteiger charge is 2.14. The van der Waals surface area contributed by atoms with E-state index in [1.807, 2.05) is 0 Å². The quantitative estimate of drug-likeness (QED) is 0.906. The molecule has 96 valence electrons. The minimum absolute atomic E-state index is 0.206. The fourth-order valence-electron chi connectivity index (χ4n) is 1.30. The lowest BCUT2D eigenvalue weighted by molar-refractivity contribution is 0.397. The van der Waals surface area contributed by atoms with Crippen LogP contribution in [0.2, 0.25) is 0 Å². The number of nitrogens with one attached hydrogen (secondary N) is 1. The molecule has 0 fully saturated rings. The monoisotopic (exact) mass is 284 g/mol. The summed E-state index contributed by atoms with van der Waals surface area (Å²) in [7, 11) is -1.89. The molecule has 2 rings (SSSR count). The summed E-state index contributed by atoms with van der Waals surface area (Å²) in [5.41, 5.74) is 0.774. The third kappa shape index (κ3) is 3.06. The molecule has 0 amide bonds. The van der Waals surface area contributed by atoms with Gasteiger partial charge in [-0.05, 0) is 17.0 Å². The van der Waals surface area contributed by atoms with E-state index < -0.39 is 10.0 Å². The van der Waals surface area contributed by atoms with E-state index >= 15 is 0 Å². The van der Waals surface area contributed by atoms with Crippen molar-refractivity contribution < 1.29 is 13.2 Å². The van der Waals surface area contributed by atoms with Crippen LogP contribution in [0, 0.1) is 0 Å². The van der Waals surface area contributed by atoms with Gasteiger partial charge in [0, 0.05) is 18.8 Å². The lowest BCUT2D eigenvalue weighted by atomic mass is 10.3. The Bertz CT molecular complexity index is 592. The molecular formula is C11H12N2O3S2. The lowest BCUT2D eigenvalue weighted by Crippen LogP contribution is -2.22. The van der Waals surface area contributed by atoms with Gasteiger partial charge in [-0.25, -0.2) is 18.1 Å². The largest absolute Gasteiger partial charge is 0.481 e. The van der Waals surface area contributed by atoms with E-state index in [1.54, 1.807) is 35.8 Å². The average molecular weight is 284 g/mol. The van der Waals surface area contributed by atoms with Crippen molar-refractivity contribution in [3.8, 4) is 5.88 Å². The second kappa shape index (κ2) is 5.47. The maximum atomic E-state index is 11.8. The standard InChI is InChI=1S/C11H12N2O3S2/c1-16-10-5-4-9(7-12-10)8-13-18(14,15)11-3-2-6-17-11/h2-7,13H,8H2,1H3. The molecule has 0 aliphatic heterocycles. The molecule has 18 heavy (non-hydrogen) atoms. The van der Waals surface area contributed by atoms with Crippen molar-refractivity contribution in [1.82, 2.24) is 9.71 Å². The molecular weight excluding hydrogens is 272 g/mol. The fraction of sp³-hybridized carbons (Fsp3) is 0.182. The minimum atomic E-state index is -3.42. The van der Waals surface area contributed by atoms with Gasteiger partial charge in [0.1, 0.15) is 4.21 Å². The van der Waals surface area contributed by atoms with Crippen LogP contribution in [0.5, 0.6) is 5.88 Å². The number of aromatic nitrogens is 1. The molecule has 0 aliphatic rings. The van der Waals surface area contributed by atoms with Crippen LogP contribution in [-0.4, -0.2) is 20.5 Å². The van der Waals surface area contributed by atoms with Crippen LogP contribution in [0.1, 0.15) is 5.56 Å². The summed E-state index contributed by atoms with van der Waals surface area (Å²) < 4.78 is 31.4. The molecule has 0 bridgehead atoms. The molecule has 2 aromatic rings. The zero-order valence-corrected chi connectivity index (χ0v) is 11.3. The first-order valence-corrected chi connectivity index (χ1v) is 7.50. The average Bonchev–Trinajstić information content (AvgIpc) is 2.92. The van der Waals surface area contributed by atoms with Crippen LogP contribution < -0.4 is 9.46 Å². The van der Waals surface area contributed by atoms with E-state index in [-0.39, 0.29) is 6.54 Å². The predicted molar refractivity (Wildman–Crippen MR) is 69.1 cm³/mol. The number of pyridine rings is 1. The number of rotatable bonds is 5. The molecule has 5 nitrogen and oxygen atoms in total. The van der Waals surface area contributed by atoms with Gasteiger partial charge >= 0.3 is 0 Å². The second-order valence-electron chi connectivity index (χ2n) is 3.47. The number of methoxy groups -OCH3 is 1. The van der Waals surface area contributed by atoms with E-state index in [0.29, 0.717) is 10.1 Å². The SMILES string of the molecule is COc1ccc(CNS(=O)(=O)c2cccs2)cn1. The van der Waals surface area contributed by atoms with Crippen molar-refractivity contribution in [1.29, 1.82) is 0 Å². The number of thiophene rings is 1. The van der Waals surface area contributed by atoms with Crippen LogP contribution >= 0.6 is 11.3 Å². The predicted octanol–water partition coefficient (Wildman–Crippen LogP) is 1.63. The molecule has 0 atom stereocenters. The molecule has 0 spiro atoms. The normalized spacial score (nSPS) is 11.4. The number of hydrogen-bond acceptors (Lipinski definition) is 5. The molecule has 0 saturated carbocycles. The van der Waals surface area contributed by atoms with Crippen LogP contribution in [0.4, 0.5) is 0 Å². The van der Waals surface area contributed by atoms with Crippen molar-refractivity contribution in [2.45, 2.75) is 10.8 Å². The van der Waals surface area contributed by atoms with Crippen LogP contribution in [0.3, 0.4) is 0 Å². The molecule has 2 aromatic heterocycles. The van der Waals surface area contributed by atoms with Crippen LogP contribution in [-0.2, 0) is 16.6 Å². The van der Waals surface area contributed by atoms with Crippen molar-refractivity contribution in [2.24, 2.45) is 0 Å². The molecule has 7 heteroatoms. The highest BCUT2D eigenvalue weighted by atomic mass is 32.2. The summed E-state index contributed by atoms with van der Waals surface area (Å²) in [6, 6.07) is 6.73. The van der Waals surface area contributed by atoms with E-state index in [1.165, 1.54) is 18.4 Å². The Labute approximate surface area is 110 Å². The fourth-order valence-corrected chi connectivity index (χ4v) is 3.36. The van der Waals surface area contributed by atoms with Gasteiger partial charge in [-0.3, -0.25) is 0 Å². The molecule has 0 radical (unpaired) electrons. The summed E-state index contributed by atoms with van der Waals surface area (Å²) in [6.07, 6.45) is 1.58. The summed E-state index contributed by atoms with van der Waals surface area (Å²) in [5, 5.41) is 1.73. The Morgan fingerprint density at radius 3 is 2.78 bits per heavy atom. The summed E-state index contributed by atoms with van der Waals surface area (Å²) >= 11 is 1.18. The highest BCUT2D eigenvalue weighted by molar-refractivity contribution is 7.91. The van der Waals surface area contributed by atoms with Crippen molar-refractivity contribution >= 4 is 21.4 Å².